The maximum atomic E-state index is 12.9. The number of para-hydroxylation sites is 1. The third-order valence-corrected chi connectivity index (χ3v) is 5.51. The summed E-state index contributed by atoms with van der Waals surface area (Å²) >= 11 is 5.88. The van der Waals surface area contributed by atoms with Crippen molar-refractivity contribution in [3.63, 3.8) is 0 Å². The first-order chi connectivity index (χ1) is 11.0. The molecule has 0 saturated heterocycles. The van der Waals surface area contributed by atoms with E-state index >= 15 is 0 Å². The number of aromatic amines is 1. The predicted molar refractivity (Wildman–Crippen MR) is 91.1 cm³/mol. The number of H-pyrrole nitrogens is 1. The summed E-state index contributed by atoms with van der Waals surface area (Å²) in [5.41, 5.74) is 1.80. The van der Waals surface area contributed by atoms with Gasteiger partial charge in [-0.2, -0.15) is 13.5 Å². The minimum atomic E-state index is -3.76. The first kappa shape index (κ1) is 15.6. The van der Waals surface area contributed by atoms with Crippen LogP contribution < -0.4 is 4.31 Å². The summed E-state index contributed by atoms with van der Waals surface area (Å²) in [4.78, 5) is 0. The Labute approximate surface area is 139 Å². The molecule has 1 N–H and O–H groups in total. The molecule has 7 heteroatoms. The standard InChI is InChI=1S/C16H14ClN3O2S/c1-20(14-5-3-2-4-6-14)23(21,22)16-15(11-18-19-16)12-7-9-13(17)10-8-12/h2-11H,1H3,(H,18,19). The maximum absolute atomic E-state index is 12.9. The van der Waals surface area contributed by atoms with E-state index in [0.717, 1.165) is 5.56 Å². The van der Waals surface area contributed by atoms with E-state index in [9.17, 15) is 8.42 Å². The number of nitrogens with one attached hydrogen (secondary N) is 1. The Bertz CT molecular complexity index is 906. The quantitative estimate of drug-likeness (QED) is 0.784. The van der Waals surface area contributed by atoms with E-state index in [2.05, 4.69) is 10.2 Å². The summed E-state index contributed by atoms with van der Waals surface area (Å²) in [6.07, 6.45) is 1.49. The summed E-state index contributed by atoms with van der Waals surface area (Å²) in [5.74, 6) is 0. The fourth-order valence-electron chi connectivity index (χ4n) is 2.22. The van der Waals surface area contributed by atoms with Crippen molar-refractivity contribution in [1.29, 1.82) is 0 Å². The summed E-state index contributed by atoms with van der Waals surface area (Å²) in [6, 6.07) is 15.8. The molecule has 0 unspecified atom stereocenters. The van der Waals surface area contributed by atoms with E-state index in [1.165, 1.54) is 17.5 Å². The van der Waals surface area contributed by atoms with Crippen molar-refractivity contribution < 1.29 is 8.42 Å². The lowest BCUT2D eigenvalue weighted by Crippen LogP contribution is -2.27. The number of hydrogen-bond donors (Lipinski definition) is 1. The maximum Gasteiger partial charge on any atom is 0.281 e. The Morgan fingerprint density at radius 2 is 1.70 bits per heavy atom. The molecule has 0 spiro atoms. The number of rotatable bonds is 4. The first-order valence-corrected chi connectivity index (χ1v) is 8.65. The van der Waals surface area contributed by atoms with Gasteiger partial charge in [0.25, 0.3) is 10.0 Å². The van der Waals surface area contributed by atoms with E-state index in [1.54, 1.807) is 48.5 Å². The van der Waals surface area contributed by atoms with Crippen molar-refractivity contribution in [2.45, 2.75) is 5.03 Å². The molecular formula is C16H14ClN3O2S. The SMILES string of the molecule is CN(c1ccccc1)S(=O)(=O)c1[nH]ncc1-c1ccc(Cl)cc1. The fraction of sp³-hybridized carbons (Fsp3) is 0.0625. The van der Waals surface area contributed by atoms with Crippen LogP contribution in [0.1, 0.15) is 0 Å². The lowest BCUT2D eigenvalue weighted by molar-refractivity contribution is 0.590. The Balaban J connectivity index is 2.05. The number of hydrogen-bond acceptors (Lipinski definition) is 3. The highest BCUT2D eigenvalue weighted by Crippen LogP contribution is 2.29. The van der Waals surface area contributed by atoms with Gasteiger partial charge in [0, 0.05) is 17.6 Å². The van der Waals surface area contributed by atoms with E-state index < -0.39 is 10.0 Å². The zero-order valence-corrected chi connectivity index (χ0v) is 13.8. The molecule has 0 aliphatic heterocycles. The second-order valence-electron chi connectivity index (χ2n) is 4.93. The van der Waals surface area contributed by atoms with Crippen LogP contribution >= 0.6 is 11.6 Å². The molecule has 3 rings (SSSR count). The Hall–Kier alpha value is -2.31. The van der Waals surface area contributed by atoms with Crippen molar-refractivity contribution >= 4 is 27.3 Å². The number of halogens is 1. The third kappa shape index (κ3) is 2.95. The average molecular weight is 348 g/mol. The lowest BCUT2D eigenvalue weighted by atomic mass is 10.1. The van der Waals surface area contributed by atoms with E-state index in [4.69, 9.17) is 11.6 Å². The molecule has 23 heavy (non-hydrogen) atoms. The van der Waals surface area contributed by atoms with E-state index in [-0.39, 0.29) is 5.03 Å². The van der Waals surface area contributed by atoms with Gasteiger partial charge in [0.2, 0.25) is 0 Å². The van der Waals surface area contributed by atoms with Crippen LogP contribution in [0.2, 0.25) is 5.02 Å². The molecule has 2 aromatic carbocycles. The van der Waals surface area contributed by atoms with Crippen molar-refractivity contribution in [3.05, 3.63) is 65.8 Å². The van der Waals surface area contributed by atoms with Gasteiger partial charge in [0.15, 0.2) is 5.03 Å². The van der Waals surface area contributed by atoms with Crippen LogP contribution in [-0.2, 0) is 10.0 Å². The van der Waals surface area contributed by atoms with Crippen LogP contribution in [-0.4, -0.2) is 25.7 Å². The second kappa shape index (κ2) is 6.06. The van der Waals surface area contributed by atoms with Crippen LogP contribution in [0.4, 0.5) is 5.69 Å². The molecule has 0 aliphatic rings. The minimum absolute atomic E-state index is 0.0474. The molecule has 0 radical (unpaired) electrons. The highest BCUT2D eigenvalue weighted by atomic mass is 35.5. The molecule has 5 nitrogen and oxygen atoms in total. The van der Waals surface area contributed by atoms with Crippen molar-refractivity contribution in [1.82, 2.24) is 10.2 Å². The summed E-state index contributed by atoms with van der Waals surface area (Å²) < 4.78 is 27.0. The zero-order chi connectivity index (χ0) is 16.4. The third-order valence-electron chi connectivity index (χ3n) is 3.50. The topological polar surface area (TPSA) is 66.1 Å². The number of benzene rings is 2. The summed E-state index contributed by atoms with van der Waals surface area (Å²) in [6.45, 7) is 0. The molecule has 0 bridgehead atoms. The van der Waals surface area contributed by atoms with Crippen LogP contribution in [0.5, 0.6) is 0 Å². The normalized spacial score (nSPS) is 11.4. The highest BCUT2D eigenvalue weighted by molar-refractivity contribution is 7.92. The van der Waals surface area contributed by atoms with Gasteiger partial charge in [-0.1, -0.05) is 41.9 Å². The smallest absolute Gasteiger partial charge is 0.268 e. The Morgan fingerprint density at radius 3 is 2.35 bits per heavy atom. The average Bonchev–Trinajstić information content (AvgIpc) is 3.06. The highest BCUT2D eigenvalue weighted by Gasteiger charge is 2.26. The van der Waals surface area contributed by atoms with Crippen LogP contribution in [0.15, 0.2) is 65.8 Å². The molecule has 0 amide bonds. The monoisotopic (exact) mass is 347 g/mol. The molecule has 118 valence electrons. The number of aromatic nitrogens is 2. The minimum Gasteiger partial charge on any atom is -0.268 e. The fourth-order valence-corrected chi connectivity index (χ4v) is 3.64. The van der Waals surface area contributed by atoms with Gasteiger partial charge in [0.1, 0.15) is 0 Å². The molecule has 0 aliphatic carbocycles. The largest absolute Gasteiger partial charge is 0.281 e. The van der Waals surface area contributed by atoms with Crippen LogP contribution in [0, 0.1) is 0 Å². The van der Waals surface area contributed by atoms with Crippen LogP contribution in [0.3, 0.4) is 0 Å². The van der Waals surface area contributed by atoms with Crippen molar-refractivity contribution in [2.24, 2.45) is 0 Å². The molecule has 0 atom stereocenters. The molecule has 0 fully saturated rings. The summed E-state index contributed by atoms with van der Waals surface area (Å²) in [5, 5.41) is 7.13. The van der Waals surface area contributed by atoms with Gasteiger partial charge in [0.05, 0.1) is 11.9 Å². The van der Waals surface area contributed by atoms with E-state index in [1.807, 2.05) is 6.07 Å². The first-order valence-electron chi connectivity index (χ1n) is 6.83. The summed E-state index contributed by atoms with van der Waals surface area (Å²) in [7, 11) is -2.24. The zero-order valence-electron chi connectivity index (χ0n) is 12.3. The van der Waals surface area contributed by atoms with Crippen molar-refractivity contribution in [3.8, 4) is 11.1 Å². The lowest BCUT2D eigenvalue weighted by Gasteiger charge is -2.19. The Kier molecular flexibility index (Phi) is 4.11. The van der Waals surface area contributed by atoms with Gasteiger partial charge in [-0.15, -0.1) is 0 Å². The number of anilines is 1. The number of sulfonamides is 1. The van der Waals surface area contributed by atoms with Gasteiger partial charge < -0.3 is 0 Å². The Morgan fingerprint density at radius 1 is 1.04 bits per heavy atom. The molecule has 0 saturated carbocycles. The number of nitrogens with zero attached hydrogens (tertiary/aromatic N) is 2. The van der Waals surface area contributed by atoms with Gasteiger partial charge >= 0.3 is 0 Å². The predicted octanol–water partition coefficient (Wildman–Crippen LogP) is 3.56. The van der Waals surface area contributed by atoms with Crippen LogP contribution in [0.25, 0.3) is 11.1 Å². The van der Waals surface area contributed by atoms with Gasteiger partial charge in [-0.05, 0) is 29.8 Å². The van der Waals surface area contributed by atoms with Gasteiger partial charge in [-0.25, -0.2) is 0 Å². The van der Waals surface area contributed by atoms with E-state index in [0.29, 0.717) is 16.3 Å². The van der Waals surface area contributed by atoms with Gasteiger partial charge in [-0.3, -0.25) is 9.40 Å². The molecule has 1 aromatic heterocycles. The molecule has 1 heterocycles. The molecule has 3 aromatic rings. The van der Waals surface area contributed by atoms with Crippen molar-refractivity contribution in [2.75, 3.05) is 11.4 Å². The molecular weight excluding hydrogens is 334 g/mol. The second-order valence-corrected chi connectivity index (χ2v) is 7.27.